The van der Waals surface area contributed by atoms with Crippen molar-refractivity contribution < 1.29 is 0 Å². The molecular weight excluding hydrogens is 122 g/mol. The van der Waals surface area contributed by atoms with Gasteiger partial charge in [-0.3, -0.25) is 0 Å². The van der Waals surface area contributed by atoms with Crippen molar-refractivity contribution in [2.75, 3.05) is 6.54 Å². The summed E-state index contributed by atoms with van der Waals surface area (Å²) in [5.41, 5.74) is 1.18. The van der Waals surface area contributed by atoms with Gasteiger partial charge >= 0.3 is 0 Å². The second-order valence-corrected chi connectivity index (χ2v) is 3.02. The normalized spacial score (nSPS) is 10.1. The Morgan fingerprint density at radius 2 is 2.00 bits per heavy atom. The first-order chi connectivity index (χ1) is 4.59. The van der Waals surface area contributed by atoms with Gasteiger partial charge in [-0.2, -0.15) is 0 Å². The number of nitrogens with zero attached hydrogens (tertiary/aromatic N) is 1. The van der Waals surface area contributed by atoms with E-state index < -0.39 is 0 Å². The van der Waals surface area contributed by atoms with Crippen molar-refractivity contribution >= 4 is 0 Å². The highest BCUT2D eigenvalue weighted by Gasteiger charge is 2.05. The molecule has 0 saturated carbocycles. The molecule has 0 aliphatic carbocycles. The van der Waals surface area contributed by atoms with E-state index in [1.165, 1.54) is 12.1 Å². The summed E-state index contributed by atoms with van der Waals surface area (Å²) < 4.78 is 0. The first-order valence-electron chi connectivity index (χ1n) is 4.01. The van der Waals surface area contributed by atoms with E-state index in [1.54, 1.807) is 0 Å². The summed E-state index contributed by atoms with van der Waals surface area (Å²) in [7, 11) is 0. The predicted octanol–water partition coefficient (Wildman–Crippen LogP) is 2.64. The van der Waals surface area contributed by atoms with Crippen LogP contribution in [0.3, 0.4) is 0 Å². The molecule has 0 aromatic rings. The minimum atomic E-state index is 0.595. The topological polar surface area (TPSA) is 3.24 Å². The van der Waals surface area contributed by atoms with Crippen LogP contribution < -0.4 is 0 Å². The molecule has 0 spiro atoms. The molecule has 0 aromatic heterocycles. The highest BCUT2D eigenvalue weighted by molar-refractivity contribution is 4.89. The van der Waals surface area contributed by atoms with Gasteiger partial charge in [0.25, 0.3) is 0 Å². The lowest BCUT2D eigenvalue weighted by Crippen LogP contribution is -2.29. The van der Waals surface area contributed by atoms with Crippen LogP contribution in [-0.2, 0) is 0 Å². The lowest BCUT2D eigenvalue weighted by Gasteiger charge is -2.28. The van der Waals surface area contributed by atoms with Gasteiger partial charge in [0.05, 0.1) is 0 Å². The largest absolute Gasteiger partial charge is 0.373 e. The lowest BCUT2D eigenvalue weighted by atomic mass is 10.2. The molecule has 0 aliphatic rings. The van der Waals surface area contributed by atoms with Gasteiger partial charge in [0.1, 0.15) is 0 Å². The highest BCUT2D eigenvalue weighted by atomic mass is 15.1. The van der Waals surface area contributed by atoms with E-state index in [4.69, 9.17) is 0 Å². The van der Waals surface area contributed by atoms with E-state index in [0.717, 1.165) is 6.54 Å². The van der Waals surface area contributed by atoms with Crippen LogP contribution in [0.2, 0.25) is 0 Å². The Bertz CT molecular complexity index is 105. The Morgan fingerprint density at radius 3 is 2.10 bits per heavy atom. The fraction of sp³-hybridized carbons (Fsp3) is 0.778. The van der Waals surface area contributed by atoms with Crippen LogP contribution in [0.15, 0.2) is 12.3 Å². The maximum absolute atomic E-state index is 3.92. The fourth-order valence-corrected chi connectivity index (χ4v) is 1.13. The second-order valence-electron chi connectivity index (χ2n) is 3.02. The van der Waals surface area contributed by atoms with E-state index >= 15 is 0 Å². The van der Waals surface area contributed by atoms with E-state index in [1.807, 2.05) is 0 Å². The fourth-order valence-electron chi connectivity index (χ4n) is 1.13. The summed E-state index contributed by atoms with van der Waals surface area (Å²) >= 11 is 0. The number of hydrogen-bond acceptors (Lipinski definition) is 1. The Balaban J connectivity index is 3.85. The SMILES string of the molecule is C=C(C)N(CCC)C(C)C. The third-order valence-electron chi connectivity index (χ3n) is 1.58. The minimum Gasteiger partial charge on any atom is -0.373 e. The summed E-state index contributed by atoms with van der Waals surface area (Å²) in [6, 6.07) is 0.595. The summed E-state index contributed by atoms with van der Waals surface area (Å²) in [5.74, 6) is 0. The van der Waals surface area contributed by atoms with Crippen LogP contribution in [-0.4, -0.2) is 17.5 Å². The molecule has 0 N–H and O–H groups in total. The molecule has 1 nitrogen and oxygen atoms in total. The Labute approximate surface area is 64.7 Å². The van der Waals surface area contributed by atoms with E-state index in [2.05, 4.69) is 39.2 Å². The van der Waals surface area contributed by atoms with Crippen molar-refractivity contribution in [1.82, 2.24) is 4.90 Å². The molecular formula is C9H19N. The minimum absolute atomic E-state index is 0.595. The zero-order chi connectivity index (χ0) is 8.15. The van der Waals surface area contributed by atoms with E-state index in [9.17, 15) is 0 Å². The molecule has 0 aliphatic heterocycles. The number of rotatable bonds is 4. The van der Waals surface area contributed by atoms with Gasteiger partial charge in [-0.05, 0) is 27.2 Å². The molecule has 0 amide bonds. The maximum atomic E-state index is 3.92. The monoisotopic (exact) mass is 141 g/mol. The van der Waals surface area contributed by atoms with Crippen molar-refractivity contribution in [3.05, 3.63) is 12.3 Å². The van der Waals surface area contributed by atoms with Gasteiger partial charge in [0.2, 0.25) is 0 Å². The zero-order valence-electron chi connectivity index (χ0n) is 7.65. The van der Waals surface area contributed by atoms with Crippen LogP contribution >= 0.6 is 0 Å². The second kappa shape index (κ2) is 4.37. The van der Waals surface area contributed by atoms with Gasteiger partial charge in [-0.1, -0.05) is 13.5 Å². The molecule has 0 saturated heterocycles. The van der Waals surface area contributed by atoms with Crippen molar-refractivity contribution in [2.24, 2.45) is 0 Å². The molecule has 0 atom stereocenters. The van der Waals surface area contributed by atoms with Crippen molar-refractivity contribution in [1.29, 1.82) is 0 Å². The standard InChI is InChI=1S/C9H19N/c1-6-7-10(8(2)3)9(4)5/h9H,2,6-7H2,1,3-5H3. The number of allylic oxidation sites excluding steroid dienone is 1. The molecule has 0 unspecified atom stereocenters. The van der Waals surface area contributed by atoms with Crippen LogP contribution in [0.1, 0.15) is 34.1 Å². The molecule has 0 bridgehead atoms. The average Bonchev–Trinajstić information content (AvgIpc) is 1.81. The molecule has 0 rings (SSSR count). The third kappa shape index (κ3) is 2.90. The molecule has 0 radical (unpaired) electrons. The van der Waals surface area contributed by atoms with Gasteiger partial charge in [-0.25, -0.2) is 0 Å². The molecule has 10 heavy (non-hydrogen) atoms. The Morgan fingerprint density at radius 1 is 1.50 bits per heavy atom. The van der Waals surface area contributed by atoms with Crippen LogP contribution in [0.4, 0.5) is 0 Å². The predicted molar refractivity (Wildman–Crippen MR) is 46.9 cm³/mol. The molecule has 0 fully saturated rings. The maximum Gasteiger partial charge on any atom is 0.0230 e. The highest BCUT2D eigenvalue weighted by Crippen LogP contribution is 2.06. The molecule has 0 heterocycles. The van der Waals surface area contributed by atoms with Crippen LogP contribution in [0.25, 0.3) is 0 Å². The summed E-state index contributed by atoms with van der Waals surface area (Å²) in [5, 5.41) is 0. The van der Waals surface area contributed by atoms with Crippen molar-refractivity contribution in [3.63, 3.8) is 0 Å². The Hall–Kier alpha value is -0.460. The first kappa shape index (κ1) is 9.54. The molecule has 0 aromatic carbocycles. The summed E-state index contributed by atoms with van der Waals surface area (Å²) in [6.45, 7) is 13.7. The number of hydrogen-bond donors (Lipinski definition) is 0. The van der Waals surface area contributed by atoms with Gasteiger partial charge in [-0.15, -0.1) is 0 Å². The van der Waals surface area contributed by atoms with Crippen molar-refractivity contribution in [2.45, 2.75) is 40.2 Å². The van der Waals surface area contributed by atoms with Gasteiger partial charge in [0.15, 0.2) is 0 Å². The van der Waals surface area contributed by atoms with E-state index in [-0.39, 0.29) is 0 Å². The van der Waals surface area contributed by atoms with E-state index in [0.29, 0.717) is 6.04 Å². The molecule has 1 heteroatoms. The van der Waals surface area contributed by atoms with Crippen LogP contribution in [0, 0.1) is 0 Å². The van der Waals surface area contributed by atoms with Gasteiger partial charge < -0.3 is 4.90 Å². The van der Waals surface area contributed by atoms with Gasteiger partial charge in [0, 0.05) is 18.3 Å². The first-order valence-corrected chi connectivity index (χ1v) is 4.01. The summed E-state index contributed by atoms with van der Waals surface area (Å²) in [6.07, 6.45) is 1.20. The smallest absolute Gasteiger partial charge is 0.0230 e. The average molecular weight is 141 g/mol. The quantitative estimate of drug-likeness (QED) is 0.581. The zero-order valence-corrected chi connectivity index (χ0v) is 7.65. The summed E-state index contributed by atoms with van der Waals surface area (Å²) in [4.78, 5) is 2.32. The molecule has 60 valence electrons. The Kier molecular flexibility index (Phi) is 4.17. The van der Waals surface area contributed by atoms with Crippen molar-refractivity contribution in [3.8, 4) is 0 Å². The van der Waals surface area contributed by atoms with Crippen LogP contribution in [0.5, 0.6) is 0 Å². The lowest BCUT2D eigenvalue weighted by molar-refractivity contribution is 0.286. The third-order valence-corrected chi connectivity index (χ3v) is 1.58.